The van der Waals surface area contributed by atoms with Crippen molar-refractivity contribution in [3.8, 4) is 11.5 Å². The van der Waals surface area contributed by atoms with Crippen molar-refractivity contribution >= 4 is 21.6 Å². The van der Waals surface area contributed by atoms with Gasteiger partial charge < -0.3 is 19.5 Å². The van der Waals surface area contributed by atoms with Gasteiger partial charge in [0.05, 0.1) is 18.9 Å². The number of rotatable bonds is 9. The summed E-state index contributed by atoms with van der Waals surface area (Å²) in [6.45, 7) is 3.09. The molecule has 2 aliphatic rings. The SMILES string of the molecule is COc1ccc(C(=O)Nc2ccc(C)cc2OCC2CCCO2)cc1S(=O)(=O)NC1CCCC1. The van der Waals surface area contributed by atoms with Crippen LogP contribution in [0.2, 0.25) is 0 Å². The summed E-state index contributed by atoms with van der Waals surface area (Å²) in [6.07, 6.45) is 5.63. The molecule has 1 aliphatic heterocycles. The van der Waals surface area contributed by atoms with Gasteiger partial charge in [-0.2, -0.15) is 0 Å². The maximum Gasteiger partial charge on any atom is 0.255 e. The maximum absolute atomic E-state index is 13.1. The Morgan fingerprint density at radius 3 is 2.56 bits per heavy atom. The molecule has 0 bridgehead atoms. The van der Waals surface area contributed by atoms with E-state index < -0.39 is 15.9 Å². The zero-order valence-corrected chi connectivity index (χ0v) is 20.4. The molecule has 1 saturated heterocycles. The lowest BCUT2D eigenvalue weighted by Crippen LogP contribution is -2.33. The number of ether oxygens (including phenoxy) is 3. The lowest BCUT2D eigenvalue weighted by molar-refractivity contribution is 0.0681. The molecule has 1 unspecified atom stereocenters. The van der Waals surface area contributed by atoms with Gasteiger partial charge in [0.1, 0.15) is 23.0 Å². The zero-order valence-electron chi connectivity index (χ0n) is 19.6. The van der Waals surface area contributed by atoms with Crippen molar-refractivity contribution in [1.29, 1.82) is 0 Å². The quantitative estimate of drug-likeness (QED) is 0.552. The molecule has 2 fully saturated rings. The number of methoxy groups -OCH3 is 1. The van der Waals surface area contributed by atoms with E-state index in [2.05, 4.69) is 10.0 Å². The minimum absolute atomic E-state index is 0.0470. The first-order valence-corrected chi connectivity index (χ1v) is 13.2. The topological polar surface area (TPSA) is 103 Å². The summed E-state index contributed by atoms with van der Waals surface area (Å²) in [7, 11) is -2.43. The first kappa shape index (κ1) is 24.5. The fourth-order valence-electron chi connectivity index (χ4n) is 4.36. The van der Waals surface area contributed by atoms with Crippen molar-refractivity contribution in [2.24, 2.45) is 0 Å². The standard InChI is InChI=1S/C25H32N2O6S/c1-17-9-11-21(23(14-17)33-16-20-8-5-13-32-20)26-25(28)18-10-12-22(31-2)24(15-18)34(29,30)27-19-6-3-4-7-19/h9-12,14-15,19-20,27H,3-8,13,16H2,1-2H3,(H,26,28). The lowest BCUT2D eigenvalue weighted by atomic mass is 10.1. The predicted octanol–water partition coefficient (Wildman–Crippen LogP) is 4.03. The van der Waals surface area contributed by atoms with E-state index in [1.165, 1.54) is 19.2 Å². The number of nitrogens with one attached hydrogen (secondary N) is 2. The molecule has 2 aromatic rings. The molecule has 0 spiro atoms. The Morgan fingerprint density at radius 1 is 1.06 bits per heavy atom. The van der Waals surface area contributed by atoms with E-state index in [0.29, 0.717) is 18.0 Å². The van der Waals surface area contributed by atoms with Crippen molar-refractivity contribution in [2.45, 2.75) is 62.5 Å². The van der Waals surface area contributed by atoms with Gasteiger partial charge >= 0.3 is 0 Å². The maximum atomic E-state index is 13.1. The van der Waals surface area contributed by atoms with Gasteiger partial charge in [-0.3, -0.25) is 4.79 Å². The van der Waals surface area contributed by atoms with Crippen LogP contribution in [0.3, 0.4) is 0 Å². The molecule has 1 aliphatic carbocycles. The summed E-state index contributed by atoms with van der Waals surface area (Å²) in [5.74, 6) is 0.303. The van der Waals surface area contributed by atoms with Crippen LogP contribution in [0.1, 0.15) is 54.4 Å². The van der Waals surface area contributed by atoms with Crippen LogP contribution in [-0.4, -0.2) is 46.8 Å². The zero-order chi connectivity index (χ0) is 24.1. The molecule has 0 aromatic heterocycles. The molecule has 1 amide bonds. The molecule has 2 N–H and O–H groups in total. The highest BCUT2D eigenvalue weighted by Crippen LogP contribution is 2.30. The number of hydrogen-bond donors (Lipinski definition) is 2. The van der Waals surface area contributed by atoms with E-state index in [1.54, 1.807) is 12.1 Å². The monoisotopic (exact) mass is 488 g/mol. The second-order valence-corrected chi connectivity index (χ2v) is 10.6. The van der Waals surface area contributed by atoms with E-state index in [9.17, 15) is 13.2 Å². The first-order chi connectivity index (χ1) is 16.4. The second-order valence-electron chi connectivity index (χ2n) is 8.87. The molecule has 184 valence electrons. The normalized spacial score (nSPS) is 18.7. The fourth-order valence-corrected chi connectivity index (χ4v) is 5.86. The smallest absolute Gasteiger partial charge is 0.255 e. The molecule has 8 nitrogen and oxygen atoms in total. The van der Waals surface area contributed by atoms with E-state index in [1.807, 2.05) is 19.1 Å². The van der Waals surface area contributed by atoms with Crippen LogP contribution in [0, 0.1) is 6.92 Å². The number of aryl methyl sites for hydroxylation is 1. The summed E-state index contributed by atoms with van der Waals surface area (Å²) >= 11 is 0. The third-order valence-corrected chi connectivity index (χ3v) is 7.77. The Morgan fingerprint density at radius 2 is 1.85 bits per heavy atom. The molecular formula is C25H32N2O6S. The van der Waals surface area contributed by atoms with Crippen molar-refractivity contribution in [2.75, 3.05) is 25.6 Å². The lowest BCUT2D eigenvalue weighted by Gasteiger charge is -2.17. The Bertz CT molecular complexity index is 1120. The average Bonchev–Trinajstić information content (AvgIpc) is 3.53. The van der Waals surface area contributed by atoms with Crippen molar-refractivity contribution in [3.05, 3.63) is 47.5 Å². The molecule has 1 saturated carbocycles. The summed E-state index contributed by atoms with van der Waals surface area (Å²) in [5, 5.41) is 2.86. The number of hydrogen-bond acceptors (Lipinski definition) is 6. The van der Waals surface area contributed by atoms with Crippen LogP contribution >= 0.6 is 0 Å². The Kier molecular flexibility index (Phi) is 7.75. The molecule has 2 aromatic carbocycles. The van der Waals surface area contributed by atoms with Crippen LogP contribution in [0.4, 0.5) is 5.69 Å². The van der Waals surface area contributed by atoms with Crippen LogP contribution in [-0.2, 0) is 14.8 Å². The summed E-state index contributed by atoms with van der Waals surface area (Å²) in [5.41, 5.74) is 1.72. The number of carbonyl (C=O) groups is 1. The molecule has 1 atom stereocenters. The minimum Gasteiger partial charge on any atom is -0.495 e. The van der Waals surface area contributed by atoms with Crippen LogP contribution in [0.15, 0.2) is 41.3 Å². The largest absolute Gasteiger partial charge is 0.495 e. The van der Waals surface area contributed by atoms with Gasteiger partial charge in [-0.15, -0.1) is 0 Å². The van der Waals surface area contributed by atoms with Crippen LogP contribution in [0.5, 0.6) is 11.5 Å². The second kappa shape index (κ2) is 10.8. The van der Waals surface area contributed by atoms with Crippen LogP contribution in [0.25, 0.3) is 0 Å². The van der Waals surface area contributed by atoms with E-state index in [4.69, 9.17) is 14.2 Å². The summed E-state index contributed by atoms with van der Waals surface area (Å²) < 4.78 is 45.7. The van der Waals surface area contributed by atoms with Crippen molar-refractivity contribution < 1.29 is 27.4 Å². The molecule has 1 heterocycles. The van der Waals surface area contributed by atoms with Gasteiger partial charge in [-0.05, 0) is 68.5 Å². The Labute approximate surface area is 201 Å². The predicted molar refractivity (Wildman–Crippen MR) is 129 cm³/mol. The summed E-state index contributed by atoms with van der Waals surface area (Å²) in [4.78, 5) is 13.0. The van der Waals surface area contributed by atoms with E-state index in [-0.39, 0.29) is 28.4 Å². The van der Waals surface area contributed by atoms with Gasteiger partial charge in [0.15, 0.2) is 0 Å². The van der Waals surface area contributed by atoms with E-state index in [0.717, 1.165) is 50.7 Å². The highest BCUT2D eigenvalue weighted by molar-refractivity contribution is 7.89. The molecule has 34 heavy (non-hydrogen) atoms. The molecule has 4 rings (SSSR count). The van der Waals surface area contributed by atoms with E-state index >= 15 is 0 Å². The fraction of sp³-hybridized carbons (Fsp3) is 0.480. The van der Waals surface area contributed by atoms with Gasteiger partial charge in [0.25, 0.3) is 5.91 Å². The Hall–Kier alpha value is -2.62. The van der Waals surface area contributed by atoms with Crippen molar-refractivity contribution in [3.63, 3.8) is 0 Å². The molecular weight excluding hydrogens is 456 g/mol. The first-order valence-electron chi connectivity index (χ1n) is 11.7. The van der Waals surface area contributed by atoms with Gasteiger partial charge in [0.2, 0.25) is 10.0 Å². The number of amides is 1. The highest BCUT2D eigenvalue weighted by atomic mass is 32.2. The highest BCUT2D eigenvalue weighted by Gasteiger charge is 2.27. The number of sulfonamides is 1. The number of benzene rings is 2. The number of anilines is 1. The molecule has 0 radical (unpaired) electrons. The van der Waals surface area contributed by atoms with Crippen molar-refractivity contribution in [1.82, 2.24) is 4.72 Å². The van der Waals surface area contributed by atoms with Gasteiger partial charge in [0, 0.05) is 18.2 Å². The minimum atomic E-state index is -3.84. The number of carbonyl (C=O) groups excluding carboxylic acids is 1. The van der Waals surface area contributed by atoms with Crippen LogP contribution < -0.4 is 19.5 Å². The summed E-state index contributed by atoms with van der Waals surface area (Å²) in [6, 6.07) is 9.83. The Balaban J connectivity index is 1.53. The van der Waals surface area contributed by atoms with Gasteiger partial charge in [-0.1, -0.05) is 18.9 Å². The third-order valence-electron chi connectivity index (χ3n) is 6.23. The van der Waals surface area contributed by atoms with Gasteiger partial charge in [-0.25, -0.2) is 13.1 Å². The third kappa shape index (κ3) is 5.89. The molecule has 9 heteroatoms. The average molecular weight is 489 g/mol.